The van der Waals surface area contributed by atoms with Gasteiger partial charge in [-0.2, -0.15) is 0 Å². The van der Waals surface area contributed by atoms with Crippen LogP contribution in [0.2, 0.25) is 0 Å². The van der Waals surface area contributed by atoms with Crippen LogP contribution in [-0.4, -0.2) is 54.7 Å². The zero-order chi connectivity index (χ0) is 9.97. The van der Waals surface area contributed by atoms with Crippen LogP contribution < -0.4 is 0 Å². The first-order valence-corrected chi connectivity index (χ1v) is 5.85. The van der Waals surface area contributed by atoms with E-state index in [2.05, 4.69) is 16.7 Å². The van der Waals surface area contributed by atoms with E-state index in [0.29, 0.717) is 12.5 Å². The van der Waals surface area contributed by atoms with Gasteiger partial charge in [0, 0.05) is 31.7 Å². The monoisotopic (exact) mass is 200 g/mol. The molecule has 2 unspecified atom stereocenters. The van der Waals surface area contributed by atoms with Crippen LogP contribution in [0.25, 0.3) is 0 Å². The van der Waals surface area contributed by atoms with E-state index in [1.54, 1.807) is 0 Å². The molecule has 0 N–H and O–H groups in total. The van der Waals surface area contributed by atoms with Gasteiger partial charge in [0.15, 0.2) is 0 Å². The van der Waals surface area contributed by atoms with Crippen molar-refractivity contribution in [1.29, 1.82) is 0 Å². The van der Waals surface area contributed by atoms with Crippen molar-refractivity contribution in [1.82, 2.24) is 9.80 Å². The highest BCUT2D eigenvalue weighted by Crippen LogP contribution is 2.24. The molecule has 2 saturated heterocycles. The molecule has 2 fully saturated rings. The van der Waals surface area contributed by atoms with Gasteiger partial charge in [0.05, 0.1) is 6.67 Å². The molecule has 0 aromatic heterocycles. The number of piperazine rings is 1. The van der Waals surface area contributed by atoms with Crippen LogP contribution in [0.4, 0.5) is 4.39 Å². The number of fused-ring (bicyclic) bond motifs is 1. The molecule has 2 aliphatic rings. The van der Waals surface area contributed by atoms with Crippen molar-refractivity contribution in [3.63, 3.8) is 0 Å². The van der Waals surface area contributed by atoms with Gasteiger partial charge >= 0.3 is 0 Å². The highest BCUT2D eigenvalue weighted by molar-refractivity contribution is 4.90. The van der Waals surface area contributed by atoms with Gasteiger partial charge < -0.3 is 0 Å². The summed E-state index contributed by atoms with van der Waals surface area (Å²) in [4.78, 5) is 5.07. The molecule has 2 atom stereocenters. The molecule has 82 valence electrons. The Hall–Kier alpha value is -0.150. The highest BCUT2D eigenvalue weighted by Gasteiger charge is 2.33. The highest BCUT2D eigenvalue weighted by atomic mass is 19.1. The molecular weight excluding hydrogens is 179 g/mol. The smallest absolute Gasteiger partial charge is 0.0906 e. The predicted octanol–water partition coefficient (Wildman–Crippen LogP) is 1.51. The minimum atomic E-state index is -0.169. The fourth-order valence-electron chi connectivity index (χ4n) is 2.82. The summed E-state index contributed by atoms with van der Waals surface area (Å²) in [6.45, 7) is 6.69. The predicted molar refractivity (Wildman–Crippen MR) is 56.2 cm³/mol. The van der Waals surface area contributed by atoms with Crippen molar-refractivity contribution in [2.75, 3.05) is 32.9 Å². The van der Waals surface area contributed by atoms with Crippen LogP contribution in [0.3, 0.4) is 0 Å². The first-order chi connectivity index (χ1) is 6.81. The van der Waals surface area contributed by atoms with Crippen molar-refractivity contribution in [2.24, 2.45) is 0 Å². The maximum Gasteiger partial charge on any atom is 0.0906 e. The topological polar surface area (TPSA) is 6.48 Å². The third-order valence-electron chi connectivity index (χ3n) is 3.65. The van der Waals surface area contributed by atoms with Crippen molar-refractivity contribution >= 4 is 0 Å². The van der Waals surface area contributed by atoms with E-state index in [9.17, 15) is 4.39 Å². The molecule has 0 aromatic rings. The second kappa shape index (κ2) is 4.58. The Kier molecular flexibility index (Phi) is 3.39. The lowest BCUT2D eigenvalue weighted by molar-refractivity contribution is 0.0575. The summed E-state index contributed by atoms with van der Waals surface area (Å²) in [5, 5.41) is 0. The van der Waals surface area contributed by atoms with Crippen LogP contribution in [0, 0.1) is 0 Å². The molecule has 0 aromatic carbocycles. The molecule has 14 heavy (non-hydrogen) atoms. The third-order valence-corrected chi connectivity index (χ3v) is 3.65. The van der Waals surface area contributed by atoms with Gasteiger partial charge in [-0.1, -0.05) is 0 Å². The van der Waals surface area contributed by atoms with Gasteiger partial charge in [-0.15, -0.1) is 0 Å². The van der Waals surface area contributed by atoms with E-state index in [0.717, 1.165) is 12.6 Å². The molecule has 0 amide bonds. The summed E-state index contributed by atoms with van der Waals surface area (Å²) in [5.41, 5.74) is 0. The fourth-order valence-corrected chi connectivity index (χ4v) is 2.82. The van der Waals surface area contributed by atoms with Crippen LogP contribution in [0.5, 0.6) is 0 Å². The lowest BCUT2D eigenvalue weighted by Gasteiger charge is -2.42. The van der Waals surface area contributed by atoms with E-state index in [4.69, 9.17) is 0 Å². The van der Waals surface area contributed by atoms with E-state index in [-0.39, 0.29) is 6.67 Å². The SMILES string of the molecule is CC1CN2CCCC2CN1CCCF. The fraction of sp³-hybridized carbons (Fsp3) is 1.00. The van der Waals surface area contributed by atoms with Gasteiger partial charge in [-0.25, -0.2) is 0 Å². The third kappa shape index (κ3) is 2.09. The number of nitrogens with zero attached hydrogens (tertiary/aromatic N) is 2. The quantitative estimate of drug-likeness (QED) is 0.681. The molecule has 3 heteroatoms. The zero-order valence-electron chi connectivity index (χ0n) is 9.08. The summed E-state index contributed by atoms with van der Waals surface area (Å²) < 4.78 is 12.1. The summed E-state index contributed by atoms with van der Waals surface area (Å²) in [6.07, 6.45) is 3.41. The molecule has 2 rings (SSSR count). The minimum Gasteiger partial charge on any atom is -0.298 e. The van der Waals surface area contributed by atoms with E-state index >= 15 is 0 Å². The van der Waals surface area contributed by atoms with Crippen molar-refractivity contribution in [3.05, 3.63) is 0 Å². The number of hydrogen-bond acceptors (Lipinski definition) is 2. The molecule has 2 nitrogen and oxygen atoms in total. The molecular formula is C11H21FN2. The molecule has 2 aliphatic heterocycles. The average molecular weight is 200 g/mol. The number of rotatable bonds is 3. The summed E-state index contributed by atoms with van der Waals surface area (Å²) in [7, 11) is 0. The molecule has 0 spiro atoms. The normalized spacial score (nSPS) is 34.7. The number of hydrogen-bond donors (Lipinski definition) is 0. The lowest BCUT2D eigenvalue weighted by atomic mass is 10.1. The second-order valence-corrected chi connectivity index (χ2v) is 4.68. The van der Waals surface area contributed by atoms with Gasteiger partial charge in [-0.3, -0.25) is 14.2 Å². The maximum atomic E-state index is 12.1. The standard InChI is InChI=1S/C11H21FN2/c1-10-8-14-6-2-4-11(14)9-13(10)7-3-5-12/h10-11H,2-9H2,1H3. The Bertz CT molecular complexity index is 186. The first kappa shape index (κ1) is 10.4. The first-order valence-electron chi connectivity index (χ1n) is 5.85. The van der Waals surface area contributed by atoms with Crippen molar-refractivity contribution in [3.8, 4) is 0 Å². The van der Waals surface area contributed by atoms with E-state index in [1.165, 1.54) is 32.5 Å². The molecule has 0 radical (unpaired) electrons. The van der Waals surface area contributed by atoms with Gasteiger partial charge in [-0.05, 0) is 32.7 Å². The summed E-state index contributed by atoms with van der Waals surface area (Å²) in [6, 6.07) is 1.39. The molecule has 2 heterocycles. The maximum absolute atomic E-state index is 12.1. The minimum absolute atomic E-state index is 0.169. The Morgan fingerprint density at radius 2 is 2.21 bits per heavy atom. The van der Waals surface area contributed by atoms with E-state index < -0.39 is 0 Å². The molecule has 0 aliphatic carbocycles. The van der Waals surface area contributed by atoms with Gasteiger partial charge in [0.1, 0.15) is 0 Å². The van der Waals surface area contributed by atoms with Crippen LogP contribution in [0.1, 0.15) is 26.2 Å². The summed E-state index contributed by atoms with van der Waals surface area (Å²) in [5.74, 6) is 0. The van der Waals surface area contributed by atoms with Gasteiger partial charge in [0.25, 0.3) is 0 Å². The van der Waals surface area contributed by atoms with Crippen molar-refractivity contribution < 1.29 is 4.39 Å². The van der Waals surface area contributed by atoms with Crippen molar-refractivity contribution in [2.45, 2.75) is 38.3 Å². The van der Waals surface area contributed by atoms with Crippen LogP contribution >= 0.6 is 0 Å². The summed E-state index contributed by atoms with van der Waals surface area (Å²) >= 11 is 0. The number of halogens is 1. The van der Waals surface area contributed by atoms with Gasteiger partial charge in [0.2, 0.25) is 0 Å². The zero-order valence-corrected chi connectivity index (χ0v) is 9.08. The molecule has 0 bridgehead atoms. The Morgan fingerprint density at radius 1 is 1.36 bits per heavy atom. The Labute approximate surface area is 86.1 Å². The molecule has 0 saturated carbocycles. The lowest BCUT2D eigenvalue weighted by Crippen LogP contribution is -2.55. The second-order valence-electron chi connectivity index (χ2n) is 4.68. The average Bonchev–Trinajstić information content (AvgIpc) is 2.61. The van der Waals surface area contributed by atoms with E-state index in [1.807, 2.05) is 0 Å². The van der Waals surface area contributed by atoms with Crippen LogP contribution in [-0.2, 0) is 0 Å². The Morgan fingerprint density at radius 3 is 3.00 bits per heavy atom. The number of alkyl halides is 1. The largest absolute Gasteiger partial charge is 0.298 e. The van der Waals surface area contributed by atoms with Crippen LogP contribution in [0.15, 0.2) is 0 Å². The Balaban J connectivity index is 1.86.